The summed E-state index contributed by atoms with van der Waals surface area (Å²) in [5.74, 6) is -3.38. The van der Waals surface area contributed by atoms with Crippen LogP contribution in [0.5, 0.6) is 0 Å². The molecule has 120 valence electrons. The highest BCUT2D eigenvalue weighted by Gasteiger charge is 2.33. The molecule has 7 heteroatoms. The Kier molecular flexibility index (Phi) is 9.03. The van der Waals surface area contributed by atoms with Crippen molar-refractivity contribution in [1.29, 1.82) is 0 Å². The van der Waals surface area contributed by atoms with Crippen molar-refractivity contribution in [2.24, 2.45) is 11.8 Å². The number of rotatable bonds is 8. The van der Waals surface area contributed by atoms with Gasteiger partial charge in [0.15, 0.2) is 5.92 Å². The summed E-state index contributed by atoms with van der Waals surface area (Å²) >= 11 is 0. The van der Waals surface area contributed by atoms with Crippen molar-refractivity contribution in [3.05, 3.63) is 12.2 Å². The maximum absolute atomic E-state index is 11.9. The zero-order valence-electron chi connectivity index (χ0n) is 13.1. The maximum atomic E-state index is 11.9. The summed E-state index contributed by atoms with van der Waals surface area (Å²) in [5, 5.41) is 1.02. The number of esters is 2. The van der Waals surface area contributed by atoms with Gasteiger partial charge in [-0.3, -0.25) is 19.2 Å². The molecule has 0 radical (unpaired) electrons. The molecule has 0 aromatic heterocycles. The van der Waals surface area contributed by atoms with Crippen molar-refractivity contribution >= 4 is 17.8 Å². The molecule has 1 atom stereocenters. The number of allylic oxidation sites excluding steroid dienone is 1. The average Bonchev–Trinajstić information content (AvgIpc) is 2.44. The first-order valence-electron chi connectivity index (χ1n) is 6.72. The van der Waals surface area contributed by atoms with Crippen molar-refractivity contribution < 1.29 is 28.7 Å². The van der Waals surface area contributed by atoms with Gasteiger partial charge in [-0.1, -0.05) is 13.0 Å². The Morgan fingerprint density at radius 3 is 1.95 bits per heavy atom. The van der Waals surface area contributed by atoms with E-state index in [4.69, 9.17) is 14.3 Å². The van der Waals surface area contributed by atoms with Crippen LogP contribution in [0, 0.1) is 11.8 Å². The van der Waals surface area contributed by atoms with Gasteiger partial charge in [-0.2, -0.15) is 0 Å². The van der Waals surface area contributed by atoms with Gasteiger partial charge in [-0.15, -0.1) is 0 Å². The Morgan fingerprint density at radius 2 is 1.57 bits per heavy atom. The fourth-order valence-electron chi connectivity index (χ4n) is 1.53. The molecule has 0 N–H and O–H groups in total. The van der Waals surface area contributed by atoms with Crippen LogP contribution in [-0.4, -0.2) is 50.3 Å². The molecule has 7 nitrogen and oxygen atoms in total. The van der Waals surface area contributed by atoms with E-state index in [1.165, 1.54) is 26.3 Å². The van der Waals surface area contributed by atoms with E-state index in [-0.39, 0.29) is 13.2 Å². The van der Waals surface area contributed by atoms with Crippen molar-refractivity contribution in [3.8, 4) is 0 Å². The molecule has 0 rings (SSSR count). The van der Waals surface area contributed by atoms with Crippen LogP contribution in [0.1, 0.15) is 20.8 Å². The van der Waals surface area contributed by atoms with E-state index >= 15 is 0 Å². The zero-order valence-corrected chi connectivity index (χ0v) is 13.1. The summed E-state index contributed by atoms with van der Waals surface area (Å²) in [6.07, 6.45) is 2.69. The Bertz CT molecular complexity index is 375. The monoisotopic (exact) mass is 301 g/mol. The van der Waals surface area contributed by atoms with Crippen molar-refractivity contribution in [3.63, 3.8) is 0 Å². The van der Waals surface area contributed by atoms with Crippen molar-refractivity contribution in [2.45, 2.75) is 20.8 Å². The van der Waals surface area contributed by atoms with E-state index in [1.54, 1.807) is 20.8 Å². The van der Waals surface area contributed by atoms with Crippen LogP contribution < -0.4 is 0 Å². The van der Waals surface area contributed by atoms with Gasteiger partial charge in [0.1, 0.15) is 0 Å². The highest BCUT2D eigenvalue weighted by molar-refractivity contribution is 5.95. The van der Waals surface area contributed by atoms with Crippen LogP contribution in [0.25, 0.3) is 0 Å². The molecule has 0 heterocycles. The second-order valence-corrected chi connectivity index (χ2v) is 4.22. The number of nitrogens with zero attached hydrogens (tertiary/aromatic N) is 1. The molecule has 0 saturated carbocycles. The summed E-state index contributed by atoms with van der Waals surface area (Å²) in [4.78, 5) is 40.0. The Balaban J connectivity index is 4.98. The van der Waals surface area contributed by atoms with Gasteiger partial charge in [0.05, 0.1) is 20.3 Å². The second kappa shape index (κ2) is 9.93. The van der Waals surface area contributed by atoms with Gasteiger partial charge in [0, 0.05) is 13.1 Å². The summed E-state index contributed by atoms with van der Waals surface area (Å²) < 4.78 is 9.75. The Labute approximate surface area is 124 Å². The normalized spacial score (nSPS) is 12.3. The van der Waals surface area contributed by atoms with Crippen molar-refractivity contribution in [1.82, 2.24) is 5.06 Å². The molecule has 0 aliphatic heterocycles. The van der Waals surface area contributed by atoms with Crippen LogP contribution in [0.2, 0.25) is 0 Å². The summed E-state index contributed by atoms with van der Waals surface area (Å²) in [5.41, 5.74) is 0. The lowest BCUT2D eigenvalue weighted by atomic mass is 9.93. The first-order valence-corrected chi connectivity index (χ1v) is 6.72. The molecule has 1 amide bonds. The molecule has 0 bridgehead atoms. The molecule has 0 unspecified atom stereocenters. The second-order valence-electron chi connectivity index (χ2n) is 4.22. The van der Waals surface area contributed by atoms with E-state index in [1.807, 2.05) is 0 Å². The molecule has 0 saturated heterocycles. The molecule has 0 aliphatic rings. The quantitative estimate of drug-likeness (QED) is 0.287. The number of hydrogen-bond donors (Lipinski definition) is 0. The molecule has 0 aromatic rings. The molecule has 21 heavy (non-hydrogen) atoms. The first kappa shape index (κ1) is 19.1. The standard InChI is InChI=1S/C14H23NO6/c1-6-20-13(17)12(14(18)21-7-2)10(3)8-9-11(16)15(4)19-5/h8-10,12H,6-7H2,1-5H3/b9-8+/t10-/m0/s1. The molecule has 0 aromatic carbocycles. The van der Waals surface area contributed by atoms with Gasteiger partial charge >= 0.3 is 11.9 Å². The third-order valence-electron chi connectivity index (χ3n) is 2.73. The van der Waals surface area contributed by atoms with Crippen LogP contribution in [0.15, 0.2) is 12.2 Å². The van der Waals surface area contributed by atoms with Crippen LogP contribution in [-0.2, 0) is 28.7 Å². The fraction of sp³-hybridized carbons (Fsp3) is 0.643. The van der Waals surface area contributed by atoms with Gasteiger partial charge in [-0.25, -0.2) is 5.06 Å². The number of hydroxylamine groups is 2. The predicted octanol–water partition coefficient (Wildman–Crippen LogP) is 0.941. The van der Waals surface area contributed by atoms with E-state index in [2.05, 4.69) is 0 Å². The van der Waals surface area contributed by atoms with Crippen LogP contribution in [0.4, 0.5) is 0 Å². The van der Waals surface area contributed by atoms with E-state index in [0.29, 0.717) is 0 Å². The topological polar surface area (TPSA) is 82.1 Å². The highest BCUT2D eigenvalue weighted by atomic mass is 16.7. The highest BCUT2D eigenvalue weighted by Crippen LogP contribution is 2.17. The average molecular weight is 301 g/mol. The fourth-order valence-corrected chi connectivity index (χ4v) is 1.53. The molecule has 0 fully saturated rings. The van der Waals surface area contributed by atoms with E-state index in [0.717, 1.165) is 5.06 Å². The van der Waals surface area contributed by atoms with Gasteiger partial charge < -0.3 is 9.47 Å². The molecule has 0 spiro atoms. The number of likely N-dealkylation sites (N-methyl/N-ethyl adjacent to an activating group) is 1. The molecular formula is C14H23NO6. The van der Waals surface area contributed by atoms with Gasteiger partial charge in [0.2, 0.25) is 0 Å². The molecular weight excluding hydrogens is 278 g/mol. The lowest BCUT2D eigenvalue weighted by Crippen LogP contribution is -2.33. The largest absolute Gasteiger partial charge is 0.465 e. The lowest BCUT2D eigenvalue weighted by molar-refractivity contribution is -0.164. The van der Waals surface area contributed by atoms with Crippen LogP contribution >= 0.6 is 0 Å². The number of ether oxygens (including phenoxy) is 2. The minimum atomic E-state index is -1.10. The smallest absolute Gasteiger partial charge is 0.320 e. The number of carbonyl (C=O) groups excluding carboxylic acids is 3. The zero-order chi connectivity index (χ0) is 16.4. The maximum Gasteiger partial charge on any atom is 0.320 e. The summed E-state index contributed by atoms with van der Waals surface area (Å²) in [7, 11) is 2.81. The Hall–Kier alpha value is -1.89. The predicted molar refractivity (Wildman–Crippen MR) is 74.8 cm³/mol. The van der Waals surface area contributed by atoms with Crippen LogP contribution in [0.3, 0.4) is 0 Å². The third kappa shape index (κ3) is 6.40. The number of carbonyl (C=O) groups is 3. The summed E-state index contributed by atoms with van der Waals surface area (Å²) in [6, 6.07) is 0. The summed E-state index contributed by atoms with van der Waals surface area (Å²) in [6.45, 7) is 5.26. The van der Waals surface area contributed by atoms with E-state index < -0.39 is 29.7 Å². The minimum Gasteiger partial charge on any atom is -0.465 e. The number of hydrogen-bond acceptors (Lipinski definition) is 6. The van der Waals surface area contributed by atoms with Crippen molar-refractivity contribution in [2.75, 3.05) is 27.4 Å². The SMILES string of the molecule is CCOC(=O)C(C(=O)OCC)[C@@H](C)/C=C/C(=O)N(C)OC. The van der Waals surface area contributed by atoms with E-state index in [9.17, 15) is 14.4 Å². The lowest BCUT2D eigenvalue weighted by Gasteiger charge is -2.18. The van der Waals surface area contributed by atoms with Gasteiger partial charge in [-0.05, 0) is 19.8 Å². The number of amides is 1. The third-order valence-corrected chi connectivity index (χ3v) is 2.73. The first-order chi connectivity index (χ1) is 9.88. The minimum absolute atomic E-state index is 0.163. The molecule has 0 aliphatic carbocycles. The Morgan fingerprint density at radius 1 is 1.10 bits per heavy atom. The van der Waals surface area contributed by atoms with Gasteiger partial charge in [0.25, 0.3) is 5.91 Å².